The van der Waals surface area contributed by atoms with Crippen molar-refractivity contribution in [3.05, 3.63) is 0 Å². The molecule has 0 radical (unpaired) electrons. The van der Waals surface area contributed by atoms with Crippen LogP contribution in [0.15, 0.2) is 0 Å². The van der Waals surface area contributed by atoms with Gasteiger partial charge in [0.25, 0.3) is 0 Å². The number of aliphatic hydroxyl groups is 1. The number of halogens is 1. The van der Waals surface area contributed by atoms with E-state index in [9.17, 15) is 9.90 Å². The predicted octanol–water partition coefficient (Wildman–Crippen LogP) is 0.0826. The summed E-state index contributed by atoms with van der Waals surface area (Å²) in [5, 5.41) is 12.2. The number of nitrogens with one attached hydrogen (secondary N) is 1. The van der Waals surface area contributed by atoms with Crippen molar-refractivity contribution in [3.63, 3.8) is 0 Å². The average molecular weight is 210 g/mol. The van der Waals surface area contributed by atoms with Gasteiger partial charge in [0.05, 0.1) is 13.2 Å². The van der Waals surface area contributed by atoms with Crippen LogP contribution >= 0.6 is 12.4 Å². The Morgan fingerprint density at radius 3 is 2.46 bits per heavy atom. The smallest absolute Gasteiger partial charge is 0.325 e. The maximum atomic E-state index is 11.1. The molecule has 0 spiro atoms. The Labute approximate surface area is 84.1 Å². The number of esters is 1. The highest BCUT2D eigenvalue weighted by Crippen LogP contribution is 2.20. The summed E-state index contributed by atoms with van der Waals surface area (Å²) in [6.07, 6.45) is 1.47. The lowest BCUT2D eigenvalue weighted by Crippen LogP contribution is -2.46. The Morgan fingerprint density at radius 2 is 2.15 bits per heavy atom. The van der Waals surface area contributed by atoms with Gasteiger partial charge in [-0.05, 0) is 19.8 Å². The van der Waals surface area contributed by atoms with Crippen LogP contribution in [-0.2, 0) is 9.53 Å². The van der Waals surface area contributed by atoms with E-state index >= 15 is 0 Å². The first-order valence-corrected chi connectivity index (χ1v) is 4.17. The van der Waals surface area contributed by atoms with Gasteiger partial charge in [0.2, 0.25) is 0 Å². The number of hydrogen-bond acceptors (Lipinski definition) is 4. The summed E-state index contributed by atoms with van der Waals surface area (Å²) in [5.41, 5.74) is 0. The number of methoxy groups -OCH3 is 1. The van der Waals surface area contributed by atoms with Gasteiger partial charge in [-0.25, -0.2) is 0 Å². The molecule has 1 rings (SSSR count). The fraction of sp³-hybridized carbons (Fsp3) is 0.875. The molecule has 0 saturated heterocycles. The summed E-state index contributed by atoms with van der Waals surface area (Å²) in [5.74, 6) is -0.392. The fourth-order valence-corrected chi connectivity index (χ4v) is 1.04. The molecular formula is C8H16ClNO3. The number of aliphatic hydroxyl groups excluding tert-OH is 1. The van der Waals surface area contributed by atoms with E-state index in [2.05, 4.69) is 10.1 Å². The van der Waals surface area contributed by atoms with Crippen LogP contribution in [0.5, 0.6) is 0 Å². The molecule has 0 bridgehead atoms. The Morgan fingerprint density at radius 1 is 1.62 bits per heavy atom. The standard InChI is InChI=1S/C8H15NO3.ClH/c1-5(10)7(8(11)12-2)9-6-3-4-6;/h5-7,9-10H,3-4H2,1-2H3;1H. The van der Waals surface area contributed by atoms with Crippen LogP contribution in [0.3, 0.4) is 0 Å². The van der Waals surface area contributed by atoms with Gasteiger partial charge in [0.1, 0.15) is 6.04 Å². The molecule has 1 aliphatic carbocycles. The molecule has 1 fully saturated rings. The normalized spacial score (nSPS) is 19.9. The minimum Gasteiger partial charge on any atom is -0.468 e. The van der Waals surface area contributed by atoms with Gasteiger partial charge in [0.15, 0.2) is 0 Å². The fourth-order valence-electron chi connectivity index (χ4n) is 1.04. The minimum atomic E-state index is -0.696. The van der Waals surface area contributed by atoms with Crippen molar-refractivity contribution in [1.82, 2.24) is 5.32 Å². The zero-order chi connectivity index (χ0) is 9.14. The van der Waals surface area contributed by atoms with Crippen LogP contribution < -0.4 is 5.32 Å². The van der Waals surface area contributed by atoms with Gasteiger partial charge in [-0.15, -0.1) is 12.4 Å². The van der Waals surface area contributed by atoms with Crippen molar-refractivity contribution >= 4 is 18.4 Å². The predicted molar refractivity (Wildman–Crippen MR) is 50.9 cm³/mol. The van der Waals surface area contributed by atoms with Crippen LogP contribution in [0, 0.1) is 0 Å². The first kappa shape index (κ1) is 12.7. The number of hydrogen-bond donors (Lipinski definition) is 2. The maximum Gasteiger partial charge on any atom is 0.325 e. The van der Waals surface area contributed by atoms with Crippen LogP contribution in [0.2, 0.25) is 0 Å². The third kappa shape index (κ3) is 3.93. The number of carbonyl (C=O) groups excluding carboxylic acids is 1. The molecule has 0 aromatic heterocycles. The third-order valence-corrected chi connectivity index (χ3v) is 1.93. The van der Waals surface area contributed by atoms with Crippen LogP contribution in [-0.4, -0.2) is 36.4 Å². The molecule has 5 heteroatoms. The molecule has 0 aliphatic heterocycles. The Hall–Kier alpha value is -0.320. The van der Waals surface area contributed by atoms with E-state index in [1.807, 2.05) is 0 Å². The van der Waals surface area contributed by atoms with Gasteiger partial charge in [-0.1, -0.05) is 0 Å². The first-order valence-electron chi connectivity index (χ1n) is 4.17. The SMILES string of the molecule is COC(=O)C(NC1CC1)C(C)O.Cl. The molecule has 1 aliphatic rings. The lowest BCUT2D eigenvalue weighted by Gasteiger charge is -2.18. The zero-order valence-electron chi connectivity index (χ0n) is 7.82. The molecule has 2 N–H and O–H groups in total. The van der Waals surface area contributed by atoms with Crippen molar-refractivity contribution in [2.45, 2.75) is 38.0 Å². The van der Waals surface area contributed by atoms with E-state index < -0.39 is 18.1 Å². The van der Waals surface area contributed by atoms with Crippen molar-refractivity contribution in [2.75, 3.05) is 7.11 Å². The Kier molecular flexibility index (Phi) is 5.29. The van der Waals surface area contributed by atoms with Crippen molar-refractivity contribution in [2.24, 2.45) is 0 Å². The maximum absolute atomic E-state index is 11.1. The quantitative estimate of drug-likeness (QED) is 0.644. The first-order chi connectivity index (χ1) is 5.65. The molecule has 0 amide bonds. The second kappa shape index (κ2) is 5.42. The molecule has 0 heterocycles. The van der Waals surface area contributed by atoms with Crippen LogP contribution in [0.4, 0.5) is 0 Å². The van der Waals surface area contributed by atoms with Crippen molar-refractivity contribution < 1.29 is 14.6 Å². The number of ether oxygens (including phenoxy) is 1. The van der Waals surface area contributed by atoms with Gasteiger partial charge in [-0.3, -0.25) is 10.1 Å². The highest BCUT2D eigenvalue weighted by molar-refractivity contribution is 5.85. The molecule has 1 saturated carbocycles. The summed E-state index contributed by atoms with van der Waals surface area (Å²) < 4.78 is 4.54. The van der Waals surface area contributed by atoms with E-state index in [0.29, 0.717) is 6.04 Å². The van der Waals surface area contributed by atoms with Crippen LogP contribution in [0.1, 0.15) is 19.8 Å². The number of rotatable bonds is 4. The molecule has 78 valence electrons. The zero-order valence-corrected chi connectivity index (χ0v) is 8.63. The van der Waals surface area contributed by atoms with Gasteiger partial charge in [0, 0.05) is 6.04 Å². The highest BCUT2D eigenvalue weighted by Gasteiger charge is 2.31. The molecule has 0 aromatic carbocycles. The Balaban J connectivity index is 0.00000144. The monoisotopic (exact) mass is 209 g/mol. The topological polar surface area (TPSA) is 58.6 Å². The third-order valence-electron chi connectivity index (χ3n) is 1.93. The summed E-state index contributed by atoms with van der Waals surface area (Å²) >= 11 is 0. The molecule has 0 aromatic rings. The molecular weight excluding hydrogens is 194 g/mol. The molecule has 4 nitrogen and oxygen atoms in total. The van der Waals surface area contributed by atoms with Gasteiger partial charge >= 0.3 is 5.97 Å². The van der Waals surface area contributed by atoms with Crippen molar-refractivity contribution in [3.8, 4) is 0 Å². The van der Waals surface area contributed by atoms with Gasteiger partial charge in [-0.2, -0.15) is 0 Å². The lowest BCUT2D eigenvalue weighted by molar-refractivity contribution is -0.145. The second-order valence-electron chi connectivity index (χ2n) is 3.18. The molecule has 2 atom stereocenters. The molecule has 13 heavy (non-hydrogen) atoms. The Bertz CT molecular complexity index is 171. The van der Waals surface area contributed by atoms with E-state index in [0.717, 1.165) is 12.8 Å². The largest absolute Gasteiger partial charge is 0.468 e. The van der Waals surface area contributed by atoms with Crippen LogP contribution in [0.25, 0.3) is 0 Å². The second-order valence-corrected chi connectivity index (χ2v) is 3.18. The van der Waals surface area contributed by atoms with E-state index in [-0.39, 0.29) is 12.4 Å². The summed E-state index contributed by atoms with van der Waals surface area (Å²) in [6, 6.07) is -0.175. The highest BCUT2D eigenvalue weighted by atomic mass is 35.5. The van der Waals surface area contributed by atoms with E-state index in [1.54, 1.807) is 6.92 Å². The van der Waals surface area contributed by atoms with Gasteiger partial charge < -0.3 is 9.84 Å². The summed E-state index contributed by atoms with van der Waals surface area (Å²) in [6.45, 7) is 1.58. The molecule has 2 unspecified atom stereocenters. The summed E-state index contributed by atoms with van der Waals surface area (Å²) in [7, 11) is 1.33. The lowest BCUT2D eigenvalue weighted by atomic mass is 10.2. The minimum absolute atomic E-state index is 0. The summed E-state index contributed by atoms with van der Waals surface area (Å²) in [4.78, 5) is 11.1. The van der Waals surface area contributed by atoms with E-state index in [1.165, 1.54) is 7.11 Å². The average Bonchev–Trinajstić information content (AvgIpc) is 2.81. The van der Waals surface area contributed by atoms with E-state index in [4.69, 9.17) is 0 Å². The number of carbonyl (C=O) groups is 1. The van der Waals surface area contributed by atoms with Crippen molar-refractivity contribution in [1.29, 1.82) is 0 Å².